The van der Waals surface area contributed by atoms with Gasteiger partial charge < -0.3 is 4.74 Å². The molecule has 0 fully saturated rings. The zero-order chi connectivity index (χ0) is 15.6. The monoisotopic (exact) mass is 320 g/mol. The van der Waals surface area contributed by atoms with Crippen molar-refractivity contribution in [3.05, 3.63) is 46.6 Å². The third-order valence-corrected chi connectivity index (χ3v) is 2.69. The zero-order valence-electron chi connectivity index (χ0n) is 10.7. The van der Waals surface area contributed by atoms with Crippen LogP contribution >= 0.6 is 11.6 Å². The number of aromatic nitrogens is 2. The highest BCUT2D eigenvalue weighted by Gasteiger charge is 2.34. The highest BCUT2D eigenvalue weighted by Crippen LogP contribution is 2.34. The molecule has 0 unspecified atom stereocenters. The van der Waals surface area contributed by atoms with Gasteiger partial charge in [0.05, 0.1) is 5.56 Å². The molecule has 0 aliphatic heterocycles. The van der Waals surface area contributed by atoms with Gasteiger partial charge in [-0.2, -0.15) is 18.2 Å². The molecule has 0 aliphatic carbocycles. The van der Waals surface area contributed by atoms with Gasteiger partial charge in [-0.25, -0.2) is 9.37 Å². The second-order valence-electron chi connectivity index (χ2n) is 4.04. The van der Waals surface area contributed by atoms with E-state index in [2.05, 4.69) is 9.97 Å². The predicted molar refractivity (Wildman–Crippen MR) is 67.9 cm³/mol. The summed E-state index contributed by atoms with van der Waals surface area (Å²) in [4.78, 5) is 7.87. The second-order valence-corrected chi connectivity index (χ2v) is 4.43. The van der Waals surface area contributed by atoms with Gasteiger partial charge in [0, 0.05) is 12.5 Å². The molecule has 8 heteroatoms. The first kappa shape index (κ1) is 15.5. The summed E-state index contributed by atoms with van der Waals surface area (Å²) >= 11 is 5.75. The molecule has 0 amide bonds. The van der Waals surface area contributed by atoms with E-state index in [1.54, 1.807) is 6.92 Å². The summed E-state index contributed by atoms with van der Waals surface area (Å²) in [6, 6.07) is 3.59. The molecule has 1 heterocycles. The Hall–Kier alpha value is -1.89. The van der Waals surface area contributed by atoms with Crippen molar-refractivity contribution >= 4 is 11.6 Å². The molecule has 3 nitrogen and oxygen atoms in total. The van der Waals surface area contributed by atoms with Crippen molar-refractivity contribution in [1.29, 1.82) is 0 Å². The van der Waals surface area contributed by atoms with E-state index in [0.717, 1.165) is 6.07 Å². The summed E-state index contributed by atoms with van der Waals surface area (Å²) in [6.45, 7) is 1.79. The minimum atomic E-state index is -4.80. The fraction of sp³-hybridized carbons (Fsp3) is 0.231. The molecule has 0 saturated heterocycles. The summed E-state index contributed by atoms with van der Waals surface area (Å²) in [5.41, 5.74) is -1.41. The molecule has 0 spiro atoms. The fourth-order valence-electron chi connectivity index (χ4n) is 1.56. The molecular weight excluding hydrogens is 312 g/mol. The van der Waals surface area contributed by atoms with Crippen LogP contribution in [0.2, 0.25) is 5.15 Å². The van der Waals surface area contributed by atoms with Crippen LogP contribution in [0.15, 0.2) is 24.3 Å². The molecule has 0 aliphatic rings. The first-order chi connectivity index (χ1) is 9.79. The number of hydrogen-bond donors (Lipinski definition) is 0. The van der Waals surface area contributed by atoms with Gasteiger partial charge in [-0.15, -0.1) is 0 Å². The van der Waals surface area contributed by atoms with Gasteiger partial charge >= 0.3 is 6.18 Å². The van der Waals surface area contributed by atoms with Crippen LogP contribution in [-0.2, 0) is 12.6 Å². The molecule has 2 aromatic rings. The lowest BCUT2D eigenvalue weighted by molar-refractivity contribution is -0.140. The SMILES string of the molecule is CCc1nc(Cl)cc(Oc2ccc(F)c(C(F)(F)F)c2)n1. The fourth-order valence-corrected chi connectivity index (χ4v) is 1.75. The summed E-state index contributed by atoms with van der Waals surface area (Å²) in [5.74, 6) is -1.19. The van der Waals surface area contributed by atoms with E-state index in [1.165, 1.54) is 6.07 Å². The van der Waals surface area contributed by atoms with Gasteiger partial charge in [0.15, 0.2) is 0 Å². The van der Waals surface area contributed by atoms with Crippen molar-refractivity contribution in [2.75, 3.05) is 0 Å². The van der Waals surface area contributed by atoms with Crippen molar-refractivity contribution in [2.24, 2.45) is 0 Å². The molecule has 0 bridgehead atoms. The van der Waals surface area contributed by atoms with Gasteiger partial charge in [-0.1, -0.05) is 18.5 Å². The smallest absolute Gasteiger partial charge is 0.419 e. The van der Waals surface area contributed by atoms with Crippen LogP contribution in [0.4, 0.5) is 17.6 Å². The van der Waals surface area contributed by atoms with Crippen molar-refractivity contribution < 1.29 is 22.3 Å². The van der Waals surface area contributed by atoms with Crippen molar-refractivity contribution in [3.8, 4) is 11.6 Å². The average molecular weight is 321 g/mol. The van der Waals surface area contributed by atoms with E-state index < -0.39 is 17.6 Å². The van der Waals surface area contributed by atoms with Crippen molar-refractivity contribution in [3.63, 3.8) is 0 Å². The maximum absolute atomic E-state index is 13.2. The summed E-state index contributed by atoms with van der Waals surface area (Å²) in [5, 5.41) is 0.106. The van der Waals surface area contributed by atoms with E-state index in [1.807, 2.05) is 0 Å². The first-order valence-electron chi connectivity index (χ1n) is 5.87. The topological polar surface area (TPSA) is 35.0 Å². The Balaban J connectivity index is 2.34. The van der Waals surface area contributed by atoms with Crippen LogP contribution in [0.3, 0.4) is 0 Å². The maximum Gasteiger partial charge on any atom is 0.419 e. The number of nitrogens with zero attached hydrogens (tertiary/aromatic N) is 2. The predicted octanol–water partition coefficient (Wildman–Crippen LogP) is 4.64. The Morgan fingerprint density at radius 3 is 2.52 bits per heavy atom. The number of halogens is 5. The molecule has 0 saturated carbocycles. The molecule has 1 aromatic heterocycles. The average Bonchev–Trinajstić information content (AvgIpc) is 2.39. The van der Waals surface area contributed by atoms with E-state index in [0.29, 0.717) is 24.4 Å². The summed E-state index contributed by atoms with van der Waals surface area (Å²) in [7, 11) is 0. The Bertz CT molecular complexity index is 661. The van der Waals surface area contributed by atoms with Gasteiger partial charge in [-0.3, -0.25) is 0 Å². The Morgan fingerprint density at radius 2 is 1.90 bits per heavy atom. The number of aryl methyl sites for hydroxylation is 1. The Labute approximate surface area is 122 Å². The van der Waals surface area contributed by atoms with Crippen LogP contribution in [-0.4, -0.2) is 9.97 Å². The molecule has 2 rings (SSSR count). The lowest BCUT2D eigenvalue weighted by atomic mass is 10.2. The molecule has 112 valence electrons. The Kier molecular flexibility index (Phi) is 4.32. The molecule has 0 radical (unpaired) electrons. The molecule has 0 atom stereocenters. The van der Waals surface area contributed by atoms with Crippen LogP contribution < -0.4 is 4.74 Å². The van der Waals surface area contributed by atoms with Crippen LogP contribution in [0.25, 0.3) is 0 Å². The maximum atomic E-state index is 13.2. The molecule has 1 aromatic carbocycles. The standard InChI is InChI=1S/C13H9ClF4N2O/c1-2-11-19-10(14)6-12(20-11)21-7-3-4-9(15)8(5-7)13(16,17)18/h3-6H,2H2,1H3. The van der Waals surface area contributed by atoms with Crippen molar-refractivity contribution in [1.82, 2.24) is 9.97 Å². The lowest BCUT2D eigenvalue weighted by Crippen LogP contribution is -2.08. The van der Waals surface area contributed by atoms with E-state index in [4.69, 9.17) is 16.3 Å². The van der Waals surface area contributed by atoms with Crippen LogP contribution in [0.5, 0.6) is 11.6 Å². The lowest BCUT2D eigenvalue weighted by Gasteiger charge is -2.11. The summed E-state index contributed by atoms with van der Waals surface area (Å²) < 4.78 is 56.2. The number of benzene rings is 1. The normalized spacial score (nSPS) is 11.5. The minimum absolute atomic E-state index is 0.00779. The van der Waals surface area contributed by atoms with Crippen molar-refractivity contribution in [2.45, 2.75) is 19.5 Å². The number of ether oxygens (including phenoxy) is 1. The Morgan fingerprint density at radius 1 is 1.19 bits per heavy atom. The van der Waals surface area contributed by atoms with Gasteiger partial charge in [0.2, 0.25) is 5.88 Å². The van der Waals surface area contributed by atoms with Gasteiger partial charge in [-0.05, 0) is 18.2 Å². The molecular formula is C13H9ClF4N2O. The van der Waals surface area contributed by atoms with E-state index in [-0.39, 0.29) is 16.8 Å². The third-order valence-electron chi connectivity index (χ3n) is 2.50. The van der Waals surface area contributed by atoms with Gasteiger partial charge in [0.25, 0.3) is 0 Å². The van der Waals surface area contributed by atoms with E-state index in [9.17, 15) is 17.6 Å². The third kappa shape index (κ3) is 3.81. The second kappa shape index (κ2) is 5.85. The van der Waals surface area contributed by atoms with E-state index >= 15 is 0 Å². The van der Waals surface area contributed by atoms with Gasteiger partial charge in [0.1, 0.15) is 22.5 Å². The number of alkyl halides is 3. The highest BCUT2D eigenvalue weighted by atomic mass is 35.5. The van der Waals surface area contributed by atoms with Crippen LogP contribution in [0.1, 0.15) is 18.3 Å². The summed E-state index contributed by atoms with van der Waals surface area (Å²) in [6.07, 6.45) is -4.32. The number of hydrogen-bond acceptors (Lipinski definition) is 3. The largest absolute Gasteiger partial charge is 0.439 e. The highest BCUT2D eigenvalue weighted by molar-refractivity contribution is 6.29. The molecule has 21 heavy (non-hydrogen) atoms. The molecule has 0 N–H and O–H groups in total. The minimum Gasteiger partial charge on any atom is -0.439 e. The van der Waals surface area contributed by atoms with Crippen LogP contribution in [0, 0.1) is 5.82 Å². The zero-order valence-corrected chi connectivity index (χ0v) is 11.5. The quantitative estimate of drug-likeness (QED) is 0.610. The first-order valence-corrected chi connectivity index (χ1v) is 6.25. The number of rotatable bonds is 3.